The van der Waals surface area contributed by atoms with E-state index in [1.54, 1.807) is 0 Å². The third-order valence-electron chi connectivity index (χ3n) is 3.54. The van der Waals surface area contributed by atoms with Crippen LogP contribution in [0.2, 0.25) is 0 Å². The Morgan fingerprint density at radius 3 is 2.60 bits per heavy atom. The van der Waals surface area contributed by atoms with E-state index in [1.807, 2.05) is 7.05 Å². The topological polar surface area (TPSA) is 15.6 Å². The summed E-state index contributed by atoms with van der Waals surface area (Å²) in [5.74, 6) is 1.41. The van der Waals surface area contributed by atoms with Crippen molar-refractivity contribution in [3.63, 3.8) is 0 Å². The number of rotatable bonds is 3. The van der Waals surface area contributed by atoms with Gasteiger partial charge in [0.2, 0.25) is 0 Å². The van der Waals surface area contributed by atoms with E-state index in [0.29, 0.717) is 5.92 Å². The van der Waals surface area contributed by atoms with Crippen LogP contribution in [-0.4, -0.2) is 37.3 Å². The van der Waals surface area contributed by atoms with Gasteiger partial charge in [0.15, 0.2) is 0 Å². The zero-order valence-electron chi connectivity index (χ0n) is 10.7. The third kappa shape index (κ3) is 3.16. The van der Waals surface area contributed by atoms with Gasteiger partial charge in [-0.15, -0.1) is 0 Å². The average molecular weight is 208 g/mol. The van der Waals surface area contributed by atoms with Crippen molar-refractivity contribution >= 4 is 5.71 Å². The first-order valence-corrected chi connectivity index (χ1v) is 5.85. The number of hydrogen-bond acceptors (Lipinski definition) is 2. The Bertz CT molecular complexity index is 266. The molecular formula is C13H24N2. The smallest absolute Gasteiger partial charge is 0.0276 e. The van der Waals surface area contributed by atoms with Gasteiger partial charge in [0.25, 0.3) is 0 Å². The van der Waals surface area contributed by atoms with Crippen LogP contribution >= 0.6 is 0 Å². The number of nitrogens with zero attached hydrogens (tertiary/aromatic N) is 2. The molecule has 0 saturated carbocycles. The molecule has 0 aromatic carbocycles. The van der Waals surface area contributed by atoms with Crippen molar-refractivity contribution in [1.29, 1.82) is 0 Å². The molecule has 1 aliphatic rings. The Balaban J connectivity index is 2.56. The van der Waals surface area contributed by atoms with Crippen LogP contribution in [0.1, 0.15) is 27.7 Å². The minimum Gasteiger partial charge on any atom is -0.298 e. The molecule has 1 heterocycles. The van der Waals surface area contributed by atoms with Crippen molar-refractivity contribution in [2.45, 2.75) is 27.7 Å². The number of likely N-dealkylation sites (tertiary alicyclic amines) is 1. The second-order valence-corrected chi connectivity index (χ2v) is 4.78. The standard InChI is InChI=1S/C13H24N2/c1-6-10(2)7-15-8-11(3)13(9-15)12(4)14-5/h6,11,13H,7-9H2,1-5H3. The predicted octanol–water partition coefficient (Wildman–Crippen LogP) is 2.61. The molecule has 0 N–H and O–H groups in total. The average Bonchev–Trinajstić information content (AvgIpc) is 2.58. The quantitative estimate of drug-likeness (QED) is 0.514. The van der Waals surface area contributed by atoms with E-state index in [2.05, 4.69) is 43.7 Å². The van der Waals surface area contributed by atoms with Crippen molar-refractivity contribution in [2.75, 3.05) is 26.7 Å². The minimum atomic E-state index is 0.666. The van der Waals surface area contributed by atoms with E-state index in [4.69, 9.17) is 0 Å². The minimum absolute atomic E-state index is 0.666. The van der Waals surface area contributed by atoms with Gasteiger partial charge in [0.1, 0.15) is 0 Å². The van der Waals surface area contributed by atoms with Gasteiger partial charge in [-0.3, -0.25) is 9.89 Å². The maximum absolute atomic E-state index is 4.33. The van der Waals surface area contributed by atoms with E-state index in [0.717, 1.165) is 12.5 Å². The highest BCUT2D eigenvalue weighted by Gasteiger charge is 2.30. The van der Waals surface area contributed by atoms with Crippen LogP contribution in [0.3, 0.4) is 0 Å². The summed E-state index contributed by atoms with van der Waals surface area (Å²) in [6.07, 6.45) is 2.21. The molecule has 86 valence electrons. The molecule has 1 rings (SSSR count). The van der Waals surface area contributed by atoms with Gasteiger partial charge in [-0.25, -0.2) is 0 Å². The third-order valence-corrected chi connectivity index (χ3v) is 3.54. The van der Waals surface area contributed by atoms with Crippen LogP contribution < -0.4 is 0 Å². The van der Waals surface area contributed by atoms with Crippen LogP contribution in [-0.2, 0) is 0 Å². The monoisotopic (exact) mass is 208 g/mol. The van der Waals surface area contributed by atoms with Gasteiger partial charge in [-0.2, -0.15) is 0 Å². The summed E-state index contributed by atoms with van der Waals surface area (Å²) in [5, 5.41) is 0. The van der Waals surface area contributed by atoms with Crippen LogP contribution in [0.4, 0.5) is 0 Å². The van der Waals surface area contributed by atoms with E-state index in [1.165, 1.54) is 24.4 Å². The first-order chi connectivity index (χ1) is 7.08. The van der Waals surface area contributed by atoms with Crippen molar-refractivity contribution in [1.82, 2.24) is 4.90 Å². The molecule has 1 fully saturated rings. The largest absolute Gasteiger partial charge is 0.298 e. The van der Waals surface area contributed by atoms with Crippen molar-refractivity contribution in [3.05, 3.63) is 11.6 Å². The summed E-state index contributed by atoms with van der Waals surface area (Å²) in [4.78, 5) is 6.87. The Morgan fingerprint density at radius 2 is 2.07 bits per heavy atom. The molecule has 0 spiro atoms. The lowest BCUT2D eigenvalue weighted by atomic mass is 9.94. The number of aliphatic imine (C=N–C) groups is 1. The molecule has 1 saturated heterocycles. The first kappa shape index (κ1) is 12.4. The molecule has 2 nitrogen and oxygen atoms in total. The normalized spacial score (nSPS) is 29.9. The Labute approximate surface area is 94.1 Å². The summed E-state index contributed by atoms with van der Waals surface area (Å²) >= 11 is 0. The van der Waals surface area contributed by atoms with Gasteiger partial charge in [0.05, 0.1) is 0 Å². The zero-order valence-corrected chi connectivity index (χ0v) is 10.7. The highest BCUT2D eigenvalue weighted by Crippen LogP contribution is 2.24. The van der Waals surface area contributed by atoms with Gasteiger partial charge in [0, 0.05) is 38.3 Å². The summed E-state index contributed by atoms with van der Waals surface area (Å²) < 4.78 is 0. The zero-order chi connectivity index (χ0) is 11.4. The molecule has 0 aromatic heterocycles. The van der Waals surface area contributed by atoms with Gasteiger partial charge in [-0.05, 0) is 26.7 Å². The Kier molecular flexibility index (Phi) is 4.52. The van der Waals surface area contributed by atoms with E-state index < -0.39 is 0 Å². The predicted molar refractivity (Wildman–Crippen MR) is 67.6 cm³/mol. The van der Waals surface area contributed by atoms with E-state index in [-0.39, 0.29) is 0 Å². The fourth-order valence-corrected chi connectivity index (χ4v) is 2.35. The van der Waals surface area contributed by atoms with E-state index in [9.17, 15) is 0 Å². The molecule has 2 heteroatoms. The van der Waals surface area contributed by atoms with Crippen molar-refractivity contribution < 1.29 is 0 Å². The highest BCUT2D eigenvalue weighted by molar-refractivity contribution is 5.85. The molecule has 1 aliphatic heterocycles. The van der Waals surface area contributed by atoms with Crippen LogP contribution in [0, 0.1) is 11.8 Å². The van der Waals surface area contributed by atoms with Crippen molar-refractivity contribution in [3.8, 4) is 0 Å². The van der Waals surface area contributed by atoms with Crippen LogP contribution in [0.5, 0.6) is 0 Å². The second-order valence-electron chi connectivity index (χ2n) is 4.78. The van der Waals surface area contributed by atoms with Gasteiger partial charge >= 0.3 is 0 Å². The Morgan fingerprint density at radius 1 is 1.40 bits per heavy atom. The molecule has 2 unspecified atom stereocenters. The van der Waals surface area contributed by atoms with E-state index >= 15 is 0 Å². The van der Waals surface area contributed by atoms with Gasteiger partial charge in [-0.1, -0.05) is 18.6 Å². The fraction of sp³-hybridized carbons (Fsp3) is 0.769. The molecule has 0 aromatic rings. The summed E-state index contributed by atoms with van der Waals surface area (Å²) in [6, 6.07) is 0. The molecular weight excluding hydrogens is 184 g/mol. The van der Waals surface area contributed by atoms with Crippen molar-refractivity contribution in [2.24, 2.45) is 16.8 Å². The lowest BCUT2D eigenvalue weighted by Crippen LogP contribution is -2.24. The number of hydrogen-bond donors (Lipinski definition) is 0. The Hall–Kier alpha value is -0.630. The molecule has 0 amide bonds. The SMILES string of the molecule is CC=C(C)CN1CC(C)C(C(C)=NC)C1. The molecule has 2 atom stereocenters. The fourth-order valence-electron chi connectivity index (χ4n) is 2.35. The summed E-state index contributed by atoms with van der Waals surface area (Å²) in [7, 11) is 1.90. The molecule has 0 bridgehead atoms. The summed E-state index contributed by atoms with van der Waals surface area (Å²) in [5.41, 5.74) is 2.78. The summed E-state index contributed by atoms with van der Waals surface area (Å²) in [6.45, 7) is 12.3. The lowest BCUT2D eigenvalue weighted by molar-refractivity contribution is 0.354. The van der Waals surface area contributed by atoms with Crippen LogP contribution in [0.15, 0.2) is 16.6 Å². The highest BCUT2D eigenvalue weighted by atomic mass is 15.2. The molecule has 0 radical (unpaired) electrons. The molecule has 0 aliphatic carbocycles. The van der Waals surface area contributed by atoms with Gasteiger partial charge < -0.3 is 0 Å². The van der Waals surface area contributed by atoms with Crippen LogP contribution in [0.25, 0.3) is 0 Å². The number of allylic oxidation sites excluding steroid dienone is 1. The maximum Gasteiger partial charge on any atom is 0.0276 e. The second kappa shape index (κ2) is 5.45. The maximum atomic E-state index is 4.33. The molecule has 15 heavy (non-hydrogen) atoms. The first-order valence-electron chi connectivity index (χ1n) is 5.85. The lowest BCUT2D eigenvalue weighted by Gasteiger charge is -2.16.